The fourth-order valence-electron chi connectivity index (χ4n) is 4.39. The molecule has 2 aliphatic heterocycles. The number of amides is 4. The van der Waals surface area contributed by atoms with Crippen molar-refractivity contribution in [1.82, 2.24) is 61.1 Å². The summed E-state index contributed by atoms with van der Waals surface area (Å²) in [6, 6.07) is -2.27. The van der Waals surface area contributed by atoms with Crippen LogP contribution in [0.25, 0.3) is 0 Å². The summed E-state index contributed by atoms with van der Waals surface area (Å²) in [4.78, 5) is 75.3. The van der Waals surface area contributed by atoms with Gasteiger partial charge in [-0.15, -0.1) is 0 Å². The molecule has 2 aliphatic rings. The second-order valence-electron chi connectivity index (χ2n) is 9.37. The van der Waals surface area contributed by atoms with Crippen molar-refractivity contribution in [2.75, 3.05) is 0 Å². The number of carbonyl (C=O) groups excluding carboxylic acids is 4. The molecule has 0 saturated carbocycles. The van der Waals surface area contributed by atoms with E-state index in [9.17, 15) is 19.2 Å². The summed E-state index contributed by atoms with van der Waals surface area (Å²) in [5, 5.41) is 10.9. The first-order valence-electron chi connectivity index (χ1n) is 12.5. The molecule has 2 fully saturated rings. The van der Waals surface area contributed by atoms with E-state index in [0.29, 0.717) is 25.7 Å². The maximum absolute atomic E-state index is 12.0. The summed E-state index contributed by atoms with van der Waals surface area (Å²) < 4.78 is 0. The normalized spacial score (nSPS) is 21.9. The Balaban J connectivity index is 0.000000184. The third-order valence-corrected chi connectivity index (χ3v) is 6.45. The van der Waals surface area contributed by atoms with Gasteiger partial charge in [-0.1, -0.05) is 0 Å². The largest absolute Gasteiger partial charge is 2.00 e. The molecule has 4 aromatic rings. The average molecular weight is 612 g/mol. The van der Waals surface area contributed by atoms with Gasteiger partial charge in [-0.05, 0) is 0 Å². The molecular formula is C24H28CuN12O4+2. The molecular weight excluding hydrogens is 584 g/mol. The smallest absolute Gasteiger partial charge is 0.348 e. The van der Waals surface area contributed by atoms with Crippen LogP contribution < -0.4 is 21.3 Å². The van der Waals surface area contributed by atoms with Gasteiger partial charge < -0.3 is 41.2 Å². The van der Waals surface area contributed by atoms with Gasteiger partial charge in [0.15, 0.2) is 0 Å². The number of hydrogen-bond acceptors (Lipinski definition) is 8. The molecule has 4 atom stereocenters. The van der Waals surface area contributed by atoms with Crippen molar-refractivity contribution in [3.63, 3.8) is 0 Å². The number of aromatic amines is 4. The van der Waals surface area contributed by atoms with Gasteiger partial charge in [-0.25, -0.2) is 19.9 Å². The molecule has 0 aliphatic carbocycles. The topological polar surface area (TPSA) is 231 Å². The molecule has 17 heteroatoms. The summed E-state index contributed by atoms with van der Waals surface area (Å²) >= 11 is 0. The van der Waals surface area contributed by atoms with Gasteiger partial charge in [0, 0.05) is 73.2 Å². The molecule has 4 aromatic heterocycles. The van der Waals surface area contributed by atoms with E-state index in [1.165, 1.54) is 0 Å². The molecule has 8 N–H and O–H groups in total. The third kappa shape index (κ3) is 7.67. The van der Waals surface area contributed by atoms with E-state index in [0.717, 1.165) is 22.8 Å². The van der Waals surface area contributed by atoms with E-state index in [4.69, 9.17) is 0 Å². The fraction of sp³-hybridized carbons (Fsp3) is 0.333. The van der Waals surface area contributed by atoms with Gasteiger partial charge >= 0.3 is 17.1 Å². The zero-order valence-corrected chi connectivity index (χ0v) is 22.4. The maximum atomic E-state index is 12.0. The third-order valence-electron chi connectivity index (χ3n) is 6.45. The number of imidazole rings is 4. The van der Waals surface area contributed by atoms with Crippen molar-refractivity contribution in [2.45, 2.75) is 49.9 Å². The van der Waals surface area contributed by atoms with Gasteiger partial charge in [0.05, 0.1) is 25.3 Å². The minimum Gasteiger partial charge on any atom is -0.348 e. The SMILES string of the molecule is O=C1NC(Cc2cnc[nH]2)C(=O)NC1Cc1cnc[nH]1.O=C1NC(Cc2cnc[nH]2)C(=O)NC1Cc1cnc[nH]1.[Cu+2]. The van der Waals surface area contributed by atoms with Crippen molar-refractivity contribution in [3.05, 3.63) is 72.9 Å². The number of H-pyrrole nitrogens is 4. The van der Waals surface area contributed by atoms with Crippen molar-refractivity contribution in [1.29, 1.82) is 0 Å². The molecule has 2 saturated heterocycles. The molecule has 41 heavy (non-hydrogen) atoms. The molecule has 1 radical (unpaired) electrons. The van der Waals surface area contributed by atoms with E-state index in [1.807, 2.05) is 0 Å². The number of nitrogens with one attached hydrogen (secondary N) is 8. The number of nitrogens with zero attached hydrogens (tertiary/aromatic N) is 4. The number of rotatable bonds is 8. The molecule has 6 rings (SSSR count). The number of piperazine rings is 2. The van der Waals surface area contributed by atoms with Gasteiger partial charge in [0.25, 0.3) is 0 Å². The van der Waals surface area contributed by atoms with Gasteiger partial charge in [-0.2, -0.15) is 0 Å². The Morgan fingerprint density at radius 2 is 0.659 bits per heavy atom. The van der Waals surface area contributed by atoms with Crippen LogP contribution >= 0.6 is 0 Å². The van der Waals surface area contributed by atoms with E-state index < -0.39 is 24.2 Å². The Bertz CT molecular complexity index is 1190. The van der Waals surface area contributed by atoms with E-state index in [1.54, 1.807) is 50.1 Å². The van der Waals surface area contributed by atoms with Crippen LogP contribution in [0.4, 0.5) is 0 Å². The molecule has 0 spiro atoms. The molecule has 0 bridgehead atoms. The maximum Gasteiger partial charge on any atom is 2.00 e. The summed E-state index contributed by atoms with van der Waals surface area (Å²) in [5.41, 5.74) is 3.21. The van der Waals surface area contributed by atoms with Gasteiger partial charge in [0.2, 0.25) is 23.6 Å². The molecule has 0 aromatic carbocycles. The number of aromatic nitrogens is 8. The summed E-state index contributed by atoms with van der Waals surface area (Å²) in [6.07, 6.45) is 14.3. The molecule has 4 unspecified atom stereocenters. The zero-order valence-electron chi connectivity index (χ0n) is 21.5. The molecule has 4 amide bonds. The van der Waals surface area contributed by atoms with E-state index in [-0.39, 0.29) is 40.7 Å². The van der Waals surface area contributed by atoms with Crippen molar-refractivity contribution in [2.24, 2.45) is 0 Å². The van der Waals surface area contributed by atoms with Crippen LogP contribution in [0.2, 0.25) is 0 Å². The minimum atomic E-state index is -0.569. The quantitative estimate of drug-likeness (QED) is 0.102. The Labute approximate surface area is 243 Å². The van der Waals surface area contributed by atoms with Gasteiger partial charge in [-0.3, -0.25) is 19.2 Å². The van der Waals surface area contributed by atoms with E-state index in [2.05, 4.69) is 61.1 Å². The van der Waals surface area contributed by atoms with Crippen LogP contribution in [0, 0.1) is 0 Å². The van der Waals surface area contributed by atoms with Crippen molar-refractivity contribution in [3.8, 4) is 0 Å². The molecule has 217 valence electrons. The van der Waals surface area contributed by atoms with Crippen LogP contribution in [-0.4, -0.2) is 87.7 Å². The first-order valence-corrected chi connectivity index (χ1v) is 12.5. The molecule has 6 heterocycles. The van der Waals surface area contributed by atoms with Crippen LogP contribution in [0.3, 0.4) is 0 Å². The first kappa shape index (κ1) is 29.2. The summed E-state index contributed by atoms with van der Waals surface area (Å²) in [7, 11) is 0. The number of carbonyl (C=O) groups is 4. The average Bonchev–Trinajstić information content (AvgIpc) is 3.75. The van der Waals surface area contributed by atoms with E-state index >= 15 is 0 Å². The first-order chi connectivity index (χ1) is 19.4. The second-order valence-corrected chi connectivity index (χ2v) is 9.37. The molecule has 16 nitrogen and oxygen atoms in total. The van der Waals surface area contributed by atoms with Crippen LogP contribution in [0.1, 0.15) is 22.8 Å². The monoisotopic (exact) mass is 611 g/mol. The fourth-order valence-corrected chi connectivity index (χ4v) is 4.39. The minimum absolute atomic E-state index is 0. The Hall–Kier alpha value is -4.76. The van der Waals surface area contributed by atoms with Crippen LogP contribution in [0.15, 0.2) is 50.1 Å². The van der Waals surface area contributed by atoms with Crippen LogP contribution in [-0.2, 0) is 61.9 Å². The van der Waals surface area contributed by atoms with Gasteiger partial charge in [0.1, 0.15) is 24.2 Å². The summed E-state index contributed by atoms with van der Waals surface area (Å²) in [6.45, 7) is 0. The Morgan fingerprint density at radius 1 is 0.439 bits per heavy atom. The van der Waals surface area contributed by atoms with Crippen molar-refractivity contribution < 1.29 is 36.2 Å². The predicted molar refractivity (Wildman–Crippen MR) is 137 cm³/mol. The standard InChI is InChI=1S/2C12H14N6O2.Cu/c2*19-11-9(1-7-3-13-5-15-7)17-12(20)10(18-11)2-8-4-14-6-16-8;/h2*3-6,9-10H,1-2H2,(H,13,15)(H,14,16)(H,17,20)(H,18,19);/q;;+2. The summed E-state index contributed by atoms with van der Waals surface area (Å²) in [5.74, 6) is -0.764. The van der Waals surface area contributed by atoms with Crippen LogP contribution in [0.5, 0.6) is 0 Å². The zero-order chi connectivity index (χ0) is 27.9. The second kappa shape index (κ2) is 13.5. The number of hydrogen-bond donors (Lipinski definition) is 8. The van der Waals surface area contributed by atoms with Crippen molar-refractivity contribution >= 4 is 23.6 Å². The Kier molecular flexibility index (Phi) is 9.65. The predicted octanol–water partition coefficient (Wildman–Crippen LogP) is -2.20. The Morgan fingerprint density at radius 3 is 0.829 bits per heavy atom.